The van der Waals surface area contributed by atoms with Crippen LogP contribution >= 0.6 is 24.0 Å². The average molecular weight is 472 g/mol. The number of hydrogen-bond acceptors (Lipinski definition) is 3. The van der Waals surface area contributed by atoms with Crippen LogP contribution in [0.5, 0.6) is 0 Å². The van der Waals surface area contributed by atoms with E-state index in [4.69, 9.17) is 4.74 Å². The minimum atomic E-state index is 0. The number of morpholine rings is 1. The van der Waals surface area contributed by atoms with E-state index in [0.717, 1.165) is 17.1 Å². The van der Waals surface area contributed by atoms with E-state index in [1.165, 1.54) is 12.8 Å². The third kappa shape index (κ3) is 5.84. The van der Waals surface area contributed by atoms with Gasteiger partial charge in [-0.25, -0.2) is 0 Å². The van der Waals surface area contributed by atoms with E-state index in [2.05, 4.69) is 15.6 Å². The zero-order chi connectivity index (χ0) is 17.8. The third-order valence-corrected chi connectivity index (χ3v) is 4.51. The molecule has 1 amide bonds. The van der Waals surface area contributed by atoms with Gasteiger partial charge in [0.1, 0.15) is 0 Å². The number of carbonyl (C=O) groups excluding carboxylic acids is 1. The first-order chi connectivity index (χ1) is 12.0. The van der Waals surface area contributed by atoms with Crippen molar-refractivity contribution < 1.29 is 9.53 Å². The summed E-state index contributed by atoms with van der Waals surface area (Å²) >= 11 is 0. The van der Waals surface area contributed by atoms with E-state index in [1.54, 1.807) is 7.05 Å². The summed E-state index contributed by atoms with van der Waals surface area (Å²) in [7, 11) is 1.78. The molecule has 3 rings (SSSR count). The Hall–Kier alpha value is -1.35. The third-order valence-electron chi connectivity index (χ3n) is 4.51. The summed E-state index contributed by atoms with van der Waals surface area (Å²) < 4.78 is 5.70. The lowest BCUT2D eigenvalue weighted by Crippen LogP contribution is -2.48. The van der Waals surface area contributed by atoms with Gasteiger partial charge < -0.3 is 20.3 Å². The van der Waals surface area contributed by atoms with Gasteiger partial charge in [-0.1, -0.05) is 12.1 Å². The molecule has 1 aliphatic carbocycles. The number of halogens is 1. The Morgan fingerprint density at radius 1 is 1.19 bits per heavy atom. The van der Waals surface area contributed by atoms with Crippen molar-refractivity contribution >= 4 is 35.8 Å². The van der Waals surface area contributed by atoms with Crippen molar-refractivity contribution in [1.82, 2.24) is 15.5 Å². The van der Waals surface area contributed by atoms with Crippen LogP contribution < -0.4 is 10.6 Å². The standard InChI is InChI=1S/C19H28N4O2.HI/c1-13-11-23(12-14(2)25-13)18(24)16-6-4-15(5-7-16)10-21-19(20-3)22-17-8-9-17;/h4-7,13-14,17H,8-12H2,1-3H3,(H2,20,21,22);1H. The van der Waals surface area contributed by atoms with Gasteiger partial charge in [-0.05, 0) is 44.4 Å². The Kier molecular flexibility index (Phi) is 7.69. The van der Waals surface area contributed by atoms with E-state index in [0.29, 0.717) is 25.7 Å². The molecule has 1 aromatic carbocycles. The number of nitrogens with zero attached hydrogens (tertiary/aromatic N) is 2. The number of aliphatic imine (C=N–C) groups is 1. The molecule has 2 N–H and O–H groups in total. The minimum Gasteiger partial charge on any atom is -0.372 e. The van der Waals surface area contributed by atoms with Crippen LogP contribution in [0.1, 0.15) is 42.6 Å². The highest BCUT2D eigenvalue weighted by Crippen LogP contribution is 2.18. The minimum absolute atomic E-state index is 0. The van der Waals surface area contributed by atoms with Gasteiger partial charge in [0, 0.05) is 38.3 Å². The molecule has 1 aromatic rings. The largest absolute Gasteiger partial charge is 0.372 e. The van der Waals surface area contributed by atoms with Gasteiger partial charge in [-0.15, -0.1) is 24.0 Å². The lowest BCUT2D eigenvalue weighted by atomic mass is 10.1. The summed E-state index contributed by atoms with van der Waals surface area (Å²) in [6, 6.07) is 8.38. The van der Waals surface area contributed by atoms with Gasteiger partial charge in [0.15, 0.2) is 5.96 Å². The van der Waals surface area contributed by atoms with Crippen LogP contribution in [0.15, 0.2) is 29.3 Å². The fraction of sp³-hybridized carbons (Fsp3) is 0.579. The number of hydrogen-bond donors (Lipinski definition) is 2. The number of guanidine groups is 1. The Labute approximate surface area is 172 Å². The van der Waals surface area contributed by atoms with Gasteiger partial charge in [-0.2, -0.15) is 0 Å². The monoisotopic (exact) mass is 472 g/mol. The molecular formula is C19H29IN4O2. The topological polar surface area (TPSA) is 66.0 Å². The molecule has 6 nitrogen and oxygen atoms in total. The maximum absolute atomic E-state index is 12.7. The molecule has 2 aliphatic rings. The highest BCUT2D eigenvalue weighted by Gasteiger charge is 2.26. The van der Waals surface area contributed by atoms with Gasteiger partial charge in [0.25, 0.3) is 5.91 Å². The average Bonchev–Trinajstić information content (AvgIpc) is 3.41. The number of rotatable bonds is 4. The normalized spacial score (nSPS) is 23.2. The molecule has 7 heteroatoms. The first-order valence-corrected chi connectivity index (χ1v) is 9.06. The molecule has 0 bridgehead atoms. The van der Waals surface area contributed by atoms with Crippen molar-refractivity contribution in [2.45, 2.75) is 51.5 Å². The van der Waals surface area contributed by atoms with E-state index in [9.17, 15) is 4.79 Å². The molecule has 0 aromatic heterocycles. The first kappa shape index (κ1) is 21.0. The highest BCUT2D eigenvalue weighted by atomic mass is 127. The Morgan fingerprint density at radius 2 is 1.81 bits per heavy atom. The van der Waals surface area contributed by atoms with Crippen molar-refractivity contribution in [3.63, 3.8) is 0 Å². The number of carbonyl (C=O) groups is 1. The second-order valence-electron chi connectivity index (χ2n) is 7.01. The maximum atomic E-state index is 12.7. The van der Waals surface area contributed by atoms with Crippen molar-refractivity contribution in [2.75, 3.05) is 20.1 Å². The van der Waals surface area contributed by atoms with Crippen LogP contribution in [0, 0.1) is 0 Å². The molecule has 0 radical (unpaired) electrons. The molecule has 26 heavy (non-hydrogen) atoms. The van der Waals surface area contributed by atoms with Crippen molar-refractivity contribution in [3.8, 4) is 0 Å². The Balaban J connectivity index is 0.00000243. The fourth-order valence-corrected chi connectivity index (χ4v) is 3.09. The van der Waals surface area contributed by atoms with Crippen molar-refractivity contribution in [1.29, 1.82) is 0 Å². The zero-order valence-electron chi connectivity index (χ0n) is 15.7. The van der Waals surface area contributed by atoms with Gasteiger partial charge in [0.2, 0.25) is 0 Å². The van der Waals surface area contributed by atoms with Crippen LogP contribution in [0.2, 0.25) is 0 Å². The number of nitrogens with one attached hydrogen (secondary N) is 2. The lowest BCUT2D eigenvalue weighted by Gasteiger charge is -2.35. The summed E-state index contributed by atoms with van der Waals surface area (Å²) in [5, 5.41) is 6.67. The molecule has 1 aliphatic heterocycles. The second kappa shape index (κ2) is 9.55. The molecule has 1 heterocycles. The molecule has 2 fully saturated rings. The van der Waals surface area contributed by atoms with E-state index in [-0.39, 0.29) is 42.1 Å². The summed E-state index contributed by atoms with van der Waals surface area (Å²) in [5.41, 5.74) is 1.85. The van der Waals surface area contributed by atoms with Crippen molar-refractivity contribution in [3.05, 3.63) is 35.4 Å². The number of amides is 1. The van der Waals surface area contributed by atoms with Crippen LogP contribution in [-0.4, -0.2) is 55.2 Å². The van der Waals surface area contributed by atoms with Gasteiger partial charge in [0.05, 0.1) is 12.2 Å². The predicted molar refractivity (Wildman–Crippen MR) is 114 cm³/mol. The first-order valence-electron chi connectivity index (χ1n) is 9.06. The van der Waals surface area contributed by atoms with Gasteiger partial charge in [-0.3, -0.25) is 9.79 Å². The molecule has 0 spiro atoms. The number of benzene rings is 1. The summed E-state index contributed by atoms with van der Waals surface area (Å²) in [6.07, 6.45) is 2.61. The SMILES string of the molecule is CN=C(NCc1ccc(C(=O)N2CC(C)OC(C)C2)cc1)NC1CC1.I. The van der Waals surface area contributed by atoms with Crippen LogP contribution in [0.4, 0.5) is 0 Å². The fourth-order valence-electron chi connectivity index (χ4n) is 3.09. The predicted octanol–water partition coefficient (Wildman–Crippen LogP) is 2.38. The molecule has 1 saturated carbocycles. The maximum Gasteiger partial charge on any atom is 0.254 e. The quantitative estimate of drug-likeness (QED) is 0.402. The summed E-state index contributed by atoms with van der Waals surface area (Å²) in [6.45, 7) is 6.00. The Bertz CT molecular complexity index is 621. The number of ether oxygens (including phenoxy) is 1. The summed E-state index contributed by atoms with van der Waals surface area (Å²) in [5.74, 6) is 0.909. The van der Waals surface area contributed by atoms with Gasteiger partial charge >= 0.3 is 0 Å². The van der Waals surface area contributed by atoms with Crippen LogP contribution in [-0.2, 0) is 11.3 Å². The molecule has 144 valence electrons. The van der Waals surface area contributed by atoms with Crippen LogP contribution in [0.25, 0.3) is 0 Å². The molecule has 1 saturated heterocycles. The molecule has 2 atom stereocenters. The van der Waals surface area contributed by atoms with E-state index in [1.807, 2.05) is 43.0 Å². The zero-order valence-corrected chi connectivity index (χ0v) is 18.0. The lowest BCUT2D eigenvalue weighted by molar-refractivity contribution is -0.0586. The second-order valence-corrected chi connectivity index (χ2v) is 7.01. The summed E-state index contributed by atoms with van der Waals surface area (Å²) in [4.78, 5) is 18.8. The highest BCUT2D eigenvalue weighted by molar-refractivity contribution is 14.0. The van der Waals surface area contributed by atoms with Crippen molar-refractivity contribution in [2.24, 2.45) is 4.99 Å². The molecular weight excluding hydrogens is 443 g/mol. The van der Waals surface area contributed by atoms with E-state index >= 15 is 0 Å². The van der Waals surface area contributed by atoms with E-state index < -0.39 is 0 Å². The molecule has 2 unspecified atom stereocenters. The smallest absolute Gasteiger partial charge is 0.254 e. The van der Waals surface area contributed by atoms with Crippen LogP contribution in [0.3, 0.4) is 0 Å². The Morgan fingerprint density at radius 3 is 2.35 bits per heavy atom.